The van der Waals surface area contributed by atoms with E-state index in [0.29, 0.717) is 29.9 Å². The molecule has 0 bridgehead atoms. The Hall–Kier alpha value is -4.05. The minimum Gasteiger partial charge on any atom is -0.477 e. The molecule has 1 atom stereocenters. The zero-order chi connectivity index (χ0) is 21.8. The van der Waals surface area contributed by atoms with Gasteiger partial charge in [-0.1, -0.05) is 6.07 Å². The summed E-state index contributed by atoms with van der Waals surface area (Å²) in [5.41, 5.74) is 2.61. The van der Waals surface area contributed by atoms with Crippen molar-refractivity contribution < 1.29 is 19.8 Å². The van der Waals surface area contributed by atoms with Crippen molar-refractivity contribution in [3.8, 4) is 0 Å². The molecule has 2 aromatic heterocycles. The van der Waals surface area contributed by atoms with Crippen molar-refractivity contribution in [2.75, 3.05) is 23.8 Å². The standard InChI is InChI=1S/C21H20N6O4/c28-11-17(16-3-1-2-7-22-16)26-18-15(20(30)31)10-24-21(27-18)25-13-4-5-14-12(9-13)6-8-23-19(14)29/h1-5,7,9-10,17,28H,6,8,11H2,(H,23,29)(H,30,31)(H2,24,25,26,27)/t17-/m1/s1. The SMILES string of the molecule is O=C1NCCc2cc(Nc3ncc(C(=O)O)c(N[C@H](CO)c4ccccn4)n3)ccc21. The van der Waals surface area contributed by atoms with E-state index in [2.05, 4.69) is 30.9 Å². The average molecular weight is 420 g/mol. The van der Waals surface area contributed by atoms with Crippen LogP contribution in [0.25, 0.3) is 0 Å². The number of aromatic nitrogens is 3. The van der Waals surface area contributed by atoms with Crippen LogP contribution in [-0.2, 0) is 6.42 Å². The molecule has 10 heteroatoms. The second kappa shape index (κ2) is 8.76. The fourth-order valence-electron chi connectivity index (χ4n) is 3.30. The lowest BCUT2D eigenvalue weighted by Gasteiger charge is -2.19. The van der Waals surface area contributed by atoms with Gasteiger partial charge in [0.15, 0.2) is 0 Å². The van der Waals surface area contributed by atoms with Gasteiger partial charge >= 0.3 is 5.97 Å². The van der Waals surface area contributed by atoms with Gasteiger partial charge in [0.1, 0.15) is 11.4 Å². The van der Waals surface area contributed by atoms with Gasteiger partial charge in [-0.25, -0.2) is 9.78 Å². The Labute approximate surface area is 177 Å². The molecule has 10 nitrogen and oxygen atoms in total. The number of aliphatic hydroxyl groups excluding tert-OH is 1. The van der Waals surface area contributed by atoms with Crippen LogP contribution in [0.4, 0.5) is 17.5 Å². The summed E-state index contributed by atoms with van der Waals surface area (Å²) in [6.07, 6.45) is 3.49. The second-order valence-electron chi connectivity index (χ2n) is 6.90. The Morgan fingerprint density at radius 1 is 1.23 bits per heavy atom. The van der Waals surface area contributed by atoms with Gasteiger partial charge in [0.05, 0.1) is 18.3 Å². The monoisotopic (exact) mass is 420 g/mol. The lowest BCUT2D eigenvalue weighted by Crippen LogP contribution is -2.31. The van der Waals surface area contributed by atoms with E-state index in [1.807, 2.05) is 6.07 Å². The van der Waals surface area contributed by atoms with Crippen LogP contribution >= 0.6 is 0 Å². The molecule has 0 unspecified atom stereocenters. The number of aromatic carboxylic acids is 1. The number of benzene rings is 1. The third-order valence-electron chi connectivity index (χ3n) is 4.84. The van der Waals surface area contributed by atoms with Gasteiger partial charge in [-0.3, -0.25) is 9.78 Å². The molecule has 5 N–H and O–H groups in total. The average Bonchev–Trinajstić information content (AvgIpc) is 2.78. The van der Waals surface area contributed by atoms with E-state index >= 15 is 0 Å². The first-order chi connectivity index (χ1) is 15.0. The van der Waals surface area contributed by atoms with Crippen LogP contribution in [0.1, 0.15) is 38.0 Å². The number of amides is 1. The zero-order valence-corrected chi connectivity index (χ0v) is 16.4. The molecular formula is C21H20N6O4. The molecule has 31 heavy (non-hydrogen) atoms. The molecule has 158 valence electrons. The summed E-state index contributed by atoms with van der Waals surface area (Å²) in [6, 6.07) is 9.89. The highest BCUT2D eigenvalue weighted by Crippen LogP contribution is 2.24. The van der Waals surface area contributed by atoms with Crippen LogP contribution in [0.3, 0.4) is 0 Å². The van der Waals surface area contributed by atoms with Crippen molar-refractivity contribution in [3.05, 3.63) is 71.2 Å². The summed E-state index contributed by atoms with van der Waals surface area (Å²) in [5, 5.41) is 28.0. The maximum absolute atomic E-state index is 11.9. The van der Waals surface area contributed by atoms with Crippen LogP contribution in [-0.4, -0.2) is 50.2 Å². The molecule has 1 aliphatic heterocycles. The number of rotatable bonds is 7. The number of pyridine rings is 1. The van der Waals surface area contributed by atoms with Crippen molar-refractivity contribution in [2.45, 2.75) is 12.5 Å². The van der Waals surface area contributed by atoms with Crippen molar-refractivity contribution in [2.24, 2.45) is 0 Å². The number of nitrogens with zero attached hydrogens (tertiary/aromatic N) is 3. The minimum absolute atomic E-state index is 0.0482. The van der Waals surface area contributed by atoms with E-state index in [0.717, 1.165) is 5.56 Å². The largest absolute Gasteiger partial charge is 0.477 e. The highest BCUT2D eigenvalue weighted by molar-refractivity contribution is 5.97. The van der Waals surface area contributed by atoms with E-state index in [4.69, 9.17) is 0 Å². The minimum atomic E-state index is -1.20. The predicted molar refractivity (Wildman–Crippen MR) is 112 cm³/mol. The highest BCUT2D eigenvalue weighted by Gasteiger charge is 2.20. The molecule has 1 aromatic carbocycles. The Morgan fingerprint density at radius 3 is 2.84 bits per heavy atom. The van der Waals surface area contributed by atoms with Gasteiger partial charge in [0.25, 0.3) is 5.91 Å². The van der Waals surface area contributed by atoms with Crippen molar-refractivity contribution in [1.82, 2.24) is 20.3 Å². The van der Waals surface area contributed by atoms with Gasteiger partial charge in [-0.15, -0.1) is 0 Å². The summed E-state index contributed by atoms with van der Waals surface area (Å²) >= 11 is 0. The Morgan fingerprint density at radius 2 is 2.10 bits per heavy atom. The first-order valence-corrected chi connectivity index (χ1v) is 9.62. The van der Waals surface area contributed by atoms with E-state index in [-0.39, 0.29) is 29.8 Å². The zero-order valence-electron chi connectivity index (χ0n) is 16.4. The molecular weight excluding hydrogens is 400 g/mol. The molecule has 0 saturated heterocycles. The third-order valence-corrected chi connectivity index (χ3v) is 4.84. The fraction of sp³-hybridized carbons (Fsp3) is 0.190. The number of anilines is 3. The molecule has 0 radical (unpaired) electrons. The lowest BCUT2D eigenvalue weighted by molar-refractivity contribution is 0.0696. The van der Waals surface area contributed by atoms with E-state index in [9.17, 15) is 19.8 Å². The number of aliphatic hydroxyl groups is 1. The molecule has 0 spiro atoms. The maximum Gasteiger partial charge on any atom is 0.341 e. The molecule has 1 amide bonds. The molecule has 0 fully saturated rings. The van der Waals surface area contributed by atoms with Gasteiger partial charge in [-0.2, -0.15) is 4.98 Å². The molecule has 3 heterocycles. The van der Waals surface area contributed by atoms with Crippen LogP contribution < -0.4 is 16.0 Å². The van der Waals surface area contributed by atoms with Gasteiger partial charge in [0, 0.05) is 30.2 Å². The van der Waals surface area contributed by atoms with E-state index in [1.165, 1.54) is 6.20 Å². The molecule has 3 aromatic rings. The number of carboxylic acids is 1. The molecule has 0 saturated carbocycles. The Kier molecular flexibility index (Phi) is 5.72. The number of carbonyl (C=O) groups excluding carboxylic acids is 1. The topological polar surface area (TPSA) is 149 Å². The molecule has 1 aliphatic rings. The van der Waals surface area contributed by atoms with Gasteiger partial charge < -0.3 is 26.2 Å². The fourth-order valence-corrected chi connectivity index (χ4v) is 3.30. The maximum atomic E-state index is 11.9. The Balaban J connectivity index is 1.61. The van der Waals surface area contributed by atoms with Crippen LogP contribution in [0.15, 0.2) is 48.8 Å². The smallest absolute Gasteiger partial charge is 0.341 e. The highest BCUT2D eigenvalue weighted by atomic mass is 16.4. The van der Waals surface area contributed by atoms with Crippen molar-refractivity contribution >= 4 is 29.3 Å². The quantitative estimate of drug-likeness (QED) is 0.385. The third kappa shape index (κ3) is 4.43. The Bertz CT molecular complexity index is 1120. The normalized spacial score (nSPS) is 13.6. The van der Waals surface area contributed by atoms with Crippen molar-refractivity contribution in [1.29, 1.82) is 0 Å². The summed E-state index contributed by atoms with van der Waals surface area (Å²) < 4.78 is 0. The number of carboxylic acid groups (broad SMARTS) is 1. The van der Waals surface area contributed by atoms with Crippen LogP contribution in [0.5, 0.6) is 0 Å². The summed E-state index contributed by atoms with van der Waals surface area (Å²) in [6.45, 7) is 0.263. The summed E-state index contributed by atoms with van der Waals surface area (Å²) in [4.78, 5) is 36.1. The number of hydrogen-bond acceptors (Lipinski definition) is 8. The van der Waals surface area contributed by atoms with Crippen LogP contribution in [0, 0.1) is 0 Å². The van der Waals surface area contributed by atoms with E-state index < -0.39 is 12.0 Å². The number of fused-ring (bicyclic) bond motifs is 1. The predicted octanol–water partition coefficient (Wildman–Crippen LogP) is 1.74. The van der Waals surface area contributed by atoms with Crippen LogP contribution in [0.2, 0.25) is 0 Å². The van der Waals surface area contributed by atoms with E-state index in [1.54, 1.807) is 36.5 Å². The van der Waals surface area contributed by atoms with Gasteiger partial charge in [-0.05, 0) is 42.3 Å². The number of nitrogens with one attached hydrogen (secondary N) is 3. The second-order valence-corrected chi connectivity index (χ2v) is 6.90. The van der Waals surface area contributed by atoms with Crippen molar-refractivity contribution in [3.63, 3.8) is 0 Å². The number of hydrogen-bond donors (Lipinski definition) is 5. The first-order valence-electron chi connectivity index (χ1n) is 9.62. The summed E-state index contributed by atoms with van der Waals surface area (Å²) in [7, 11) is 0. The van der Waals surface area contributed by atoms with Gasteiger partial charge in [0.2, 0.25) is 5.95 Å². The lowest BCUT2D eigenvalue weighted by atomic mass is 10.00. The summed E-state index contributed by atoms with van der Waals surface area (Å²) in [5.74, 6) is -1.09. The first kappa shape index (κ1) is 20.2. The molecule has 0 aliphatic carbocycles. The number of carbonyl (C=O) groups is 2. The molecule has 4 rings (SSSR count).